The van der Waals surface area contributed by atoms with Crippen LogP contribution in [0.2, 0.25) is 12.1 Å². The Bertz CT molecular complexity index is 376. The molecule has 0 aliphatic carbocycles. The zero-order valence-electron chi connectivity index (χ0n) is 20.6. The molecule has 5 heteroatoms. The second kappa shape index (κ2) is 19.0. The molecule has 30 heavy (non-hydrogen) atoms. The van der Waals surface area contributed by atoms with Gasteiger partial charge in [0.15, 0.2) is 0 Å². The van der Waals surface area contributed by atoms with Crippen molar-refractivity contribution in [3.05, 3.63) is 0 Å². The highest BCUT2D eigenvalue weighted by Crippen LogP contribution is 2.29. The third-order valence-electron chi connectivity index (χ3n) is 6.58. The molecule has 0 saturated carbocycles. The van der Waals surface area contributed by atoms with Crippen molar-refractivity contribution < 1.29 is 8.95 Å². The largest absolute Gasteiger partial charge is 0.393 e. The van der Waals surface area contributed by atoms with Crippen molar-refractivity contribution in [2.24, 2.45) is 5.92 Å². The minimum Gasteiger partial charge on any atom is -0.393 e. The lowest BCUT2D eigenvalue weighted by atomic mass is 10.1. The third-order valence-corrected chi connectivity index (χ3v) is 10.5. The minimum absolute atomic E-state index is 0.492. The molecule has 3 nitrogen and oxygen atoms in total. The number of nitrogens with one attached hydrogen (secondary N) is 1. The lowest BCUT2D eigenvalue weighted by Gasteiger charge is -2.34. The summed E-state index contributed by atoms with van der Waals surface area (Å²) in [4.78, 5) is 0. The summed E-state index contributed by atoms with van der Waals surface area (Å²) in [6.45, 7) is 8.67. The first-order valence-electron chi connectivity index (χ1n) is 13.3. The summed E-state index contributed by atoms with van der Waals surface area (Å²) < 4.78 is 12.9. The SMILES string of the molecule is CCCCCCCCCC[Si]1(CCC(S)CCCCCCC)OCCC(C)CNO1. The molecule has 1 N–H and O–H groups in total. The highest BCUT2D eigenvalue weighted by Gasteiger charge is 2.39. The summed E-state index contributed by atoms with van der Waals surface area (Å²) in [7, 11) is -2.16. The summed E-state index contributed by atoms with van der Waals surface area (Å²) in [5, 5.41) is 0.492. The predicted octanol–water partition coefficient (Wildman–Crippen LogP) is 8.20. The molecule has 1 saturated heterocycles. The second-order valence-corrected chi connectivity index (χ2v) is 13.8. The maximum absolute atomic E-state index is 6.53. The maximum Gasteiger partial charge on any atom is 0.358 e. The topological polar surface area (TPSA) is 30.5 Å². The van der Waals surface area contributed by atoms with E-state index in [1.165, 1.54) is 89.9 Å². The van der Waals surface area contributed by atoms with Crippen LogP contribution in [0.25, 0.3) is 0 Å². The molecule has 1 aliphatic rings. The third kappa shape index (κ3) is 14.5. The molecule has 3 atom stereocenters. The van der Waals surface area contributed by atoms with Crippen LogP contribution in [0, 0.1) is 5.92 Å². The summed E-state index contributed by atoms with van der Waals surface area (Å²) >= 11 is 4.91. The molecule has 0 amide bonds. The van der Waals surface area contributed by atoms with Gasteiger partial charge in [-0.25, -0.2) is 5.48 Å². The number of unbranched alkanes of at least 4 members (excludes halogenated alkanes) is 11. The first kappa shape index (κ1) is 28.5. The van der Waals surface area contributed by atoms with Gasteiger partial charge in [-0.15, -0.1) is 0 Å². The van der Waals surface area contributed by atoms with Crippen LogP contribution in [0.3, 0.4) is 0 Å². The van der Waals surface area contributed by atoms with Crippen molar-refractivity contribution in [3.63, 3.8) is 0 Å². The number of hydroxylamine groups is 1. The van der Waals surface area contributed by atoms with E-state index in [9.17, 15) is 0 Å². The standard InChI is InChI=1S/C25H53NO2SSi/c1-4-6-8-10-11-12-14-16-21-30(27-20-18-24(3)23-26-28-30)22-19-25(29)17-15-13-9-7-5-2/h24-26,29H,4-23H2,1-3H3. The van der Waals surface area contributed by atoms with E-state index in [1.807, 2.05) is 0 Å². The van der Waals surface area contributed by atoms with Gasteiger partial charge in [-0.3, -0.25) is 0 Å². The Kier molecular flexibility index (Phi) is 18.0. The van der Waals surface area contributed by atoms with Crippen molar-refractivity contribution in [3.8, 4) is 0 Å². The van der Waals surface area contributed by atoms with E-state index >= 15 is 0 Å². The van der Waals surface area contributed by atoms with Crippen LogP contribution >= 0.6 is 12.6 Å². The van der Waals surface area contributed by atoms with E-state index < -0.39 is 8.56 Å². The molecule has 0 aromatic rings. The molecule has 0 aromatic carbocycles. The summed E-state index contributed by atoms with van der Waals surface area (Å²) in [5.74, 6) is 0.626. The Labute approximate surface area is 195 Å². The average Bonchev–Trinajstić information content (AvgIpc) is 2.72. The van der Waals surface area contributed by atoms with Gasteiger partial charge in [0.2, 0.25) is 0 Å². The molecule has 1 fully saturated rings. The first-order valence-corrected chi connectivity index (χ1v) is 16.1. The van der Waals surface area contributed by atoms with Crippen molar-refractivity contribution in [1.29, 1.82) is 0 Å². The highest BCUT2D eigenvalue weighted by atomic mass is 32.1. The Morgan fingerprint density at radius 1 is 0.833 bits per heavy atom. The van der Waals surface area contributed by atoms with E-state index in [-0.39, 0.29) is 0 Å². The van der Waals surface area contributed by atoms with Gasteiger partial charge in [0.25, 0.3) is 0 Å². The molecular weight excluding hydrogens is 406 g/mol. The fourth-order valence-electron chi connectivity index (χ4n) is 4.31. The molecular formula is C25H53NO2SSi. The highest BCUT2D eigenvalue weighted by molar-refractivity contribution is 7.80. The van der Waals surface area contributed by atoms with Crippen LogP contribution in [0.1, 0.15) is 124 Å². The van der Waals surface area contributed by atoms with Gasteiger partial charge < -0.3 is 8.95 Å². The van der Waals surface area contributed by atoms with Gasteiger partial charge in [0.1, 0.15) is 0 Å². The van der Waals surface area contributed by atoms with E-state index in [0.717, 1.165) is 38.1 Å². The van der Waals surface area contributed by atoms with Gasteiger partial charge in [0.05, 0.1) is 0 Å². The first-order chi connectivity index (χ1) is 14.6. The van der Waals surface area contributed by atoms with Gasteiger partial charge in [0, 0.05) is 18.4 Å². The smallest absolute Gasteiger partial charge is 0.358 e. The summed E-state index contributed by atoms with van der Waals surface area (Å²) in [6, 6.07) is 2.23. The molecule has 1 aliphatic heterocycles. The Morgan fingerprint density at radius 3 is 2.10 bits per heavy atom. The minimum atomic E-state index is -2.16. The quantitative estimate of drug-likeness (QED) is 0.123. The fourth-order valence-corrected chi connectivity index (χ4v) is 8.08. The Hall–Kier alpha value is 0.447. The van der Waals surface area contributed by atoms with Crippen molar-refractivity contribution in [1.82, 2.24) is 5.48 Å². The molecule has 3 unspecified atom stereocenters. The van der Waals surface area contributed by atoms with Gasteiger partial charge in [-0.05, 0) is 37.3 Å². The zero-order valence-corrected chi connectivity index (χ0v) is 22.5. The second-order valence-electron chi connectivity index (χ2n) is 9.72. The molecule has 180 valence electrons. The van der Waals surface area contributed by atoms with E-state index in [2.05, 4.69) is 26.3 Å². The van der Waals surface area contributed by atoms with Gasteiger partial charge in [-0.2, -0.15) is 12.6 Å². The zero-order chi connectivity index (χ0) is 21.9. The van der Waals surface area contributed by atoms with Crippen LogP contribution in [0.4, 0.5) is 0 Å². The molecule has 1 rings (SSSR count). The molecule has 0 bridgehead atoms. The lowest BCUT2D eigenvalue weighted by Crippen LogP contribution is -2.49. The summed E-state index contributed by atoms with van der Waals surface area (Å²) in [5.41, 5.74) is 3.31. The van der Waals surface area contributed by atoms with E-state index in [1.54, 1.807) is 0 Å². The van der Waals surface area contributed by atoms with E-state index in [4.69, 9.17) is 21.6 Å². The van der Waals surface area contributed by atoms with Crippen LogP contribution in [0.15, 0.2) is 0 Å². The summed E-state index contributed by atoms with van der Waals surface area (Å²) in [6.07, 6.45) is 21.1. The Balaban J connectivity index is 2.37. The molecule has 1 heterocycles. The van der Waals surface area contributed by atoms with Crippen LogP contribution < -0.4 is 5.48 Å². The number of hydrogen-bond donors (Lipinski definition) is 2. The number of rotatable bonds is 18. The van der Waals surface area contributed by atoms with E-state index in [0.29, 0.717) is 11.2 Å². The van der Waals surface area contributed by atoms with Crippen molar-refractivity contribution >= 4 is 21.2 Å². The van der Waals surface area contributed by atoms with Crippen molar-refractivity contribution in [2.75, 3.05) is 13.2 Å². The van der Waals surface area contributed by atoms with Crippen LogP contribution in [-0.4, -0.2) is 27.0 Å². The monoisotopic (exact) mass is 459 g/mol. The maximum atomic E-state index is 6.53. The van der Waals surface area contributed by atoms with Gasteiger partial charge in [-0.1, -0.05) is 104 Å². The number of hydrogen-bond acceptors (Lipinski definition) is 4. The molecule has 0 spiro atoms. The average molecular weight is 460 g/mol. The molecule has 0 aromatic heterocycles. The van der Waals surface area contributed by atoms with Crippen LogP contribution in [-0.2, 0) is 8.95 Å². The lowest BCUT2D eigenvalue weighted by molar-refractivity contribution is 0.0681. The van der Waals surface area contributed by atoms with Gasteiger partial charge >= 0.3 is 8.56 Å². The number of thiol groups is 1. The normalized spacial score (nSPS) is 23.8. The predicted molar refractivity (Wildman–Crippen MR) is 138 cm³/mol. The fraction of sp³-hybridized carbons (Fsp3) is 1.00. The van der Waals surface area contributed by atoms with Crippen LogP contribution in [0.5, 0.6) is 0 Å². The van der Waals surface area contributed by atoms with Crippen molar-refractivity contribution in [2.45, 2.75) is 141 Å². The molecule has 0 radical (unpaired) electrons. The Morgan fingerprint density at radius 2 is 1.43 bits per heavy atom.